The highest BCUT2D eigenvalue weighted by Gasteiger charge is 2.35. The molecule has 11 heavy (non-hydrogen) atoms. The van der Waals surface area contributed by atoms with E-state index in [1.165, 1.54) is 0 Å². The summed E-state index contributed by atoms with van der Waals surface area (Å²) in [5, 5.41) is 17.6. The lowest BCUT2D eigenvalue weighted by Crippen LogP contribution is -2.49. The van der Waals surface area contributed by atoms with E-state index < -0.39 is 14.3 Å². The van der Waals surface area contributed by atoms with Gasteiger partial charge in [-0.2, -0.15) is 0 Å². The predicted molar refractivity (Wildman–Crippen MR) is 44.9 cm³/mol. The van der Waals surface area contributed by atoms with Gasteiger partial charge in [-0.15, -0.1) is 0 Å². The minimum Gasteiger partial charge on any atom is -0.417 e. The largest absolute Gasteiger partial charge is 0.417 e. The third-order valence-corrected chi connectivity index (χ3v) is 5.33. The van der Waals surface area contributed by atoms with Crippen molar-refractivity contribution in [2.75, 3.05) is 13.2 Å². The second-order valence-corrected chi connectivity index (χ2v) is 6.50. The first kappa shape index (κ1) is 9.19. The van der Waals surface area contributed by atoms with Crippen molar-refractivity contribution in [3.8, 4) is 0 Å². The van der Waals surface area contributed by atoms with Crippen molar-refractivity contribution in [2.24, 2.45) is 0 Å². The normalized spacial score (nSPS) is 31.4. The van der Waals surface area contributed by atoms with Gasteiger partial charge in [0.15, 0.2) is 0 Å². The molecule has 0 aliphatic carbocycles. The van der Waals surface area contributed by atoms with Gasteiger partial charge in [-0.05, 0) is 19.4 Å². The van der Waals surface area contributed by atoms with Crippen LogP contribution in [0, 0.1) is 0 Å². The maximum atomic E-state index is 9.63. The van der Waals surface area contributed by atoms with Crippen molar-refractivity contribution in [3.63, 3.8) is 0 Å². The summed E-state index contributed by atoms with van der Waals surface area (Å²) in [5.41, 5.74) is 0. The first-order valence-corrected chi connectivity index (χ1v) is 5.98. The molecule has 3 nitrogen and oxygen atoms in total. The van der Waals surface area contributed by atoms with Gasteiger partial charge in [0.2, 0.25) is 9.04 Å². The van der Waals surface area contributed by atoms with Crippen LogP contribution >= 0.6 is 0 Å². The quantitative estimate of drug-likeness (QED) is 0.573. The van der Waals surface area contributed by atoms with Crippen molar-refractivity contribution in [3.05, 3.63) is 0 Å². The summed E-state index contributed by atoms with van der Waals surface area (Å²) in [6, 6.07) is 0.994. The summed E-state index contributed by atoms with van der Waals surface area (Å²) >= 11 is 0. The van der Waals surface area contributed by atoms with E-state index in [1.54, 1.807) is 6.92 Å². The van der Waals surface area contributed by atoms with Crippen LogP contribution in [-0.4, -0.2) is 37.7 Å². The number of hydrogen-bond acceptors (Lipinski definition) is 3. The summed E-state index contributed by atoms with van der Waals surface area (Å²) < 4.78 is 5.46. The molecule has 0 bridgehead atoms. The molecule has 1 fully saturated rings. The number of hydrogen-bond donors (Lipinski definition) is 2. The molecule has 0 aromatic rings. The SMILES string of the molecule is CC(O)(CO)[SiH]1CCCCO1. The van der Waals surface area contributed by atoms with Crippen LogP contribution in [0.25, 0.3) is 0 Å². The Kier molecular flexibility index (Phi) is 3.06. The van der Waals surface area contributed by atoms with E-state index in [-0.39, 0.29) is 6.61 Å². The lowest BCUT2D eigenvalue weighted by Gasteiger charge is -2.32. The van der Waals surface area contributed by atoms with Crippen molar-refractivity contribution in [1.82, 2.24) is 0 Å². The molecule has 66 valence electrons. The van der Waals surface area contributed by atoms with Crippen LogP contribution in [0.4, 0.5) is 0 Å². The van der Waals surface area contributed by atoms with E-state index in [2.05, 4.69) is 0 Å². The van der Waals surface area contributed by atoms with Crippen LogP contribution in [0.3, 0.4) is 0 Å². The summed E-state index contributed by atoms with van der Waals surface area (Å²) in [4.78, 5) is 0. The van der Waals surface area contributed by atoms with Gasteiger partial charge in [0.1, 0.15) is 5.22 Å². The molecule has 0 radical (unpaired) electrons. The average molecular weight is 176 g/mol. The Morgan fingerprint density at radius 1 is 1.55 bits per heavy atom. The molecule has 0 amide bonds. The fourth-order valence-electron chi connectivity index (χ4n) is 1.33. The van der Waals surface area contributed by atoms with Crippen LogP contribution < -0.4 is 0 Å². The Morgan fingerprint density at radius 3 is 2.73 bits per heavy atom. The molecular formula is C7H16O3Si. The van der Waals surface area contributed by atoms with Crippen LogP contribution in [0.2, 0.25) is 6.04 Å². The maximum absolute atomic E-state index is 9.63. The standard InChI is InChI=1S/C7H16O3Si/c1-7(9,6-8)11-5-3-2-4-10-11/h8-9,11H,2-6H2,1H3. The Bertz CT molecular complexity index is 121. The van der Waals surface area contributed by atoms with Crippen molar-refractivity contribution in [2.45, 2.75) is 31.0 Å². The molecule has 1 aliphatic heterocycles. The highest BCUT2D eigenvalue weighted by molar-refractivity contribution is 6.55. The first-order valence-electron chi connectivity index (χ1n) is 4.11. The minimum atomic E-state index is -1.53. The number of aliphatic hydroxyl groups is 2. The van der Waals surface area contributed by atoms with Gasteiger partial charge in [0.25, 0.3) is 0 Å². The predicted octanol–water partition coefficient (Wildman–Crippen LogP) is -0.197. The zero-order valence-electron chi connectivity index (χ0n) is 6.92. The fraction of sp³-hybridized carbons (Fsp3) is 1.00. The number of aliphatic hydroxyl groups excluding tert-OH is 1. The molecule has 2 unspecified atom stereocenters. The molecule has 1 rings (SSSR count). The van der Waals surface area contributed by atoms with Gasteiger partial charge in [-0.3, -0.25) is 0 Å². The van der Waals surface area contributed by atoms with Gasteiger partial charge in [-0.1, -0.05) is 6.42 Å². The third kappa shape index (κ3) is 2.26. The van der Waals surface area contributed by atoms with E-state index in [1.807, 2.05) is 0 Å². The highest BCUT2D eigenvalue weighted by Crippen LogP contribution is 2.20. The van der Waals surface area contributed by atoms with E-state index in [9.17, 15) is 5.11 Å². The average Bonchev–Trinajstić information content (AvgIpc) is 2.06. The third-order valence-electron chi connectivity index (χ3n) is 2.19. The van der Waals surface area contributed by atoms with Crippen molar-refractivity contribution >= 4 is 9.04 Å². The molecule has 0 saturated carbocycles. The Labute approximate surface area is 68.7 Å². The van der Waals surface area contributed by atoms with Crippen LogP contribution in [0.5, 0.6) is 0 Å². The minimum absolute atomic E-state index is 0.163. The summed E-state index contributed by atoms with van der Waals surface area (Å²) in [6.07, 6.45) is 2.25. The summed E-state index contributed by atoms with van der Waals surface area (Å²) in [6.45, 7) is 2.28. The van der Waals surface area contributed by atoms with E-state index in [4.69, 9.17) is 9.53 Å². The van der Waals surface area contributed by atoms with Crippen LogP contribution in [0.1, 0.15) is 19.8 Å². The molecule has 2 N–H and O–H groups in total. The lowest BCUT2D eigenvalue weighted by molar-refractivity contribution is 0.0452. The van der Waals surface area contributed by atoms with Crippen LogP contribution in [-0.2, 0) is 4.43 Å². The molecule has 1 heterocycles. The van der Waals surface area contributed by atoms with E-state index in [0.29, 0.717) is 0 Å². The van der Waals surface area contributed by atoms with E-state index in [0.717, 1.165) is 25.5 Å². The number of rotatable bonds is 2. The topological polar surface area (TPSA) is 49.7 Å². The Morgan fingerprint density at radius 2 is 2.27 bits per heavy atom. The zero-order chi connectivity index (χ0) is 8.32. The first-order chi connectivity index (χ1) is 5.17. The van der Waals surface area contributed by atoms with Crippen molar-refractivity contribution in [1.29, 1.82) is 0 Å². The molecule has 4 heteroatoms. The summed E-state index contributed by atoms with van der Waals surface area (Å²) in [5.74, 6) is 0. The summed E-state index contributed by atoms with van der Waals surface area (Å²) in [7, 11) is -1.53. The van der Waals surface area contributed by atoms with E-state index >= 15 is 0 Å². The second kappa shape index (κ2) is 3.67. The molecule has 0 aromatic carbocycles. The smallest absolute Gasteiger partial charge is 0.211 e. The monoisotopic (exact) mass is 176 g/mol. The molecule has 2 atom stereocenters. The Hall–Kier alpha value is 0.0969. The van der Waals surface area contributed by atoms with Gasteiger partial charge in [-0.25, -0.2) is 0 Å². The lowest BCUT2D eigenvalue weighted by atomic mass is 10.4. The molecule has 1 aliphatic rings. The van der Waals surface area contributed by atoms with Gasteiger partial charge < -0.3 is 14.6 Å². The Balaban J connectivity index is 2.43. The van der Waals surface area contributed by atoms with Crippen molar-refractivity contribution < 1.29 is 14.6 Å². The zero-order valence-corrected chi connectivity index (χ0v) is 8.07. The molecule has 0 aromatic heterocycles. The maximum Gasteiger partial charge on any atom is 0.211 e. The fourth-order valence-corrected chi connectivity index (χ4v) is 3.79. The highest BCUT2D eigenvalue weighted by atomic mass is 28.3. The molecular weight excluding hydrogens is 160 g/mol. The second-order valence-electron chi connectivity index (χ2n) is 3.37. The van der Waals surface area contributed by atoms with Crippen LogP contribution in [0.15, 0.2) is 0 Å². The van der Waals surface area contributed by atoms with Gasteiger partial charge >= 0.3 is 0 Å². The molecule has 0 spiro atoms. The molecule has 1 saturated heterocycles. The van der Waals surface area contributed by atoms with Gasteiger partial charge in [0, 0.05) is 6.61 Å². The van der Waals surface area contributed by atoms with Gasteiger partial charge in [0.05, 0.1) is 6.61 Å².